The van der Waals surface area contributed by atoms with Gasteiger partial charge in [0.25, 0.3) is 0 Å². The highest BCUT2D eigenvalue weighted by molar-refractivity contribution is 7.98. The predicted molar refractivity (Wildman–Crippen MR) is 65.9 cm³/mol. The fraction of sp³-hybridized carbons (Fsp3) is 0.200. The lowest BCUT2D eigenvalue weighted by atomic mass is 10.2. The summed E-state index contributed by atoms with van der Waals surface area (Å²) in [6.45, 7) is 1.86. The van der Waals surface area contributed by atoms with Crippen LogP contribution in [0.3, 0.4) is 0 Å². The zero-order chi connectivity index (χ0) is 12.3. The van der Waals surface area contributed by atoms with Gasteiger partial charge < -0.3 is 5.73 Å². The standard InChI is InChI=1S/C10H12N6S/c1-6-14-10(16-15-6)17-5-7-2-3-13-8(4-7)9(11)12/h2-4H,5H2,1H3,(H3,11,12)(H,14,15,16). The van der Waals surface area contributed by atoms with E-state index in [2.05, 4.69) is 20.2 Å². The van der Waals surface area contributed by atoms with Gasteiger partial charge in [-0.15, -0.1) is 5.10 Å². The van der Waals surface area contributed by atoms with Crippen LogP contribution in [-0.2, 0) is 5.75 Å². The highest BCUT2D eigenvalue weighted by Gasteiger charge is 2.03. The minimum absolute atomic E-state index is 0.0226. The molecule has 0 fully saturated rings. The number of nitrogen functional groups attached to an aromatic ring is 1. The molecule has 0 aliphatic rings. The van der Waals surface area contributed by atoms with E-state index in [9.17, 15) is 0 Å². The molecule has 0 atom stereocenters. The van der Waals surface area contributed by atoms with Crippen molar-refractivity contribution in [1.29, 1.82) is 5.41 Å². The molecule has 0 amide bonds. The van der Waals surface area contributed by atoms with E-state index < -0.39 is 0 Å². The van der Waals surface area contributed by atoms with Crippen LogP contribution < -0.4 is 5.73 Å². The number of amidine groups is 1. The molecule has 2 heterocycles. The summed E-state index contributed by atoms with van der Waals surface area (Å²) in [5.41, 5.74) is 6.91. The molecule has 0 radical (unpaired) electrons. The fourth-order valence-electron chi connectivity index (χ4n) is 1.25. The van der Waals surface area contributed by atoms with Gasteiger partial charge in [-0.05, 0) is 24.6 Å². The highest BCUT2D eigenvalue weighted by Crippen LogP contribution is 2.18. The molecular weight excluding hydrogens is 236 g/mol. The zero-order valence-electron chi connectivity index (χ0n) is 9.27. The Morgan fingerprint density at radius 1 is 1.59 bits per heavy atom. The van der Waals surface area contributed by atoms with Gasteiger partial charge in [-0.25, -0.2) is 4.98 Å². The number of nitrogens with one attached hydrogen (secondary N) is 2. The van der Waals surface area contributed by atoms with E-state index in [4.69, 9.17) is 11.1 Å². The number of hydrogen-bond acceptors (Lipinski definition) is 5. The molecule has 2 aromatic rings. The number of aromatic amines is 1. The summed E-state index contributed by atoms with van der Waals surface area (Å²) in [5, 5.41) is 14.8. The van der Waals surface area contributed by atoms with Gasteiger partial charge in [0.2, 0.25) is 5.16 Å². The summed E-state index contributed by atoms with van der Waals surface area (Å²) < 4.78 is 0. The van der Waals surface area contributed by atoms with Crippen LogP contribution in [0.1, 0.15) is 17.1 Å². The van der Waals surface area contributed by atoms with Gasteiger partial charge in [-0.1, -0.05) is 11.8 Å². The van der Waals surface area contributed by atoms with Crippen molar-refractivity contribution in [2.75, 3.05) is 0 Å². The maximum absolute atomic E-state index is 7.31. The molecule has 0 saturated carbocycles. The Kier molecular flexibility index (Phi) is 3.38. The van der Waals surface area contributed by atoms with Crippen molar-refractivity contribution in [2.24, 2.45) is 5.73 Å². The molecule has 0 bridgehead atoms. The molecule has 6 nitrogen and oxygen atoms in total. The lowest BCUT2D eigenvalue weighted by Crippen LogP contribution is -2.13. The van der Waals surface area contributed by atoms with Crippen molar-refractivity contribution < 1.29 is 0 Å². The SMILES string of the molecule is Cc1nc(SCc2ccnc(C(=N)N)c2)n[nH]1. The van der Waals surface area contributed by atoms with Crippen LogP contribution in [0.25, 0.3) is 0 Å². The van der Waals surface area contributed by atoms with Gasteiger partial charge in [-0.3, -0.25) is 15.5 Å². The second kappa shape index (κ2) is 4.96. The van der Waals surface area contributed by atoms with Crippen molar-refractivity contribution in [3.63, 3.8) is 0 Å². The molecule has 0 spiro atoms. The van der Waals surface area contributed by atoms with Crippen molar-refractivity contribution >= 4 is 17.6 Å². The molecule has 0 aromatic carbocycles. The fourth-order valence-corrected chi connectivity index (χ4v) is 2.03. The van der Waals surface area contributed by atoms with Crippen LogP contribution in [-0.4, -0.2) is 26.0 Å². The highest BCUT2D eigenvalue weighted by atomic mass is 32.2. The molecule has 0 unspecified atom stereocenters. The monoisotopic (exact) mass is 248 g/mol. The number of aromatic nitrogens is 4. The largest absolute Gasteiger partial charge is 0.382 e. The lowest BCUT2D eigenvalue weighted by molar-refractivity contribution is 0.969. The number of thioether (sulfide) groups is 1. The molecular formula is C10H12N6S. The molecule has 0 aliphatic carbocycles. The molecule has 2 aromatic heterocycles. The number of nitrogens with two attached hydrogens (primary N) is 1. The van der Waals surface area contributed by atoms with Crippen LogP contribution in [0.4, 0.5) is 0 Å². The number of nitrogens with zero attached hydrogens (tertiary/aromatic N) is 3. The van der Waals surface area contributed by atoms with E-state index in [1.165, 1.54) is 11.8 Å². The van der Waals surface area contributed by atoms with Crippen LogP contribution >= 0.6 is 11.8 Å². The predicted octanol–water partition coefficient (Wildman–Crippen LogP) is 1.08. The maximum Gasteiger partial charge on any atom is 0.208 e. The average molecular weight is 248 g/mol. The van der Waals surface area contributed by atoms with E-state index in [1.54, 1.807) is 12.3 Å². The molecule has 0 aliphatic heterocycles. The molecule has 2 rings (SSSR count). The molecule has 88 valence electrons. The van der Waals surface area contributed by atoms with E-state index in [0.29, 0.717) is 10.9 Å². The van der Waals surface area contributed by atoms with E-state index in [-0.39, 0.29) is 5.84 Å². The first-order chi connectivity index (χ1) is 8.15. The van der Waals surface area contributed by atoms with Crippen molar-refractivity contribution in [3.05, 3.63) is 35.4 Å². The Balaban J connectivity index is 2.04. The maximum atomic E-state index is 7.31. The van der Waals surface area contributed by atoms with Gasteiger partial charge in [0, 0.05) is 11.9 Å². The Hall–Kier alpha value is -1.89. The minimum atomic E-state index is -0.0226. The van der Waals surface area contributed by atoms with Crippen LogP contribution in [0, 0.1) is 12.3 Å². The molecule has 4 N–H and O–H groups in total. The Morgan fingerprint density at radius 3 is 3.06 bits per heavy atom. The van der Waals surface area contributed by atoms with Crippen LogP contribution in [0.5, 0.6) is 0 Å². The van der Waals surface area contributed by atoms with Crippen molar-refractivity contribution in [3.8, 4) is 0 Å². The van der Waals surface area contributed by atoms with Gasteiger partial charge in [0.15, 0.2) is 0 Å². The van der Waals surface area contributed by atoms with Gasteiger partial charge in [0.05, 0.1) is 0 Å². The van der Waals surface area contributed by atoms with Crippen molar-refractivity contribution in [1.82, 2.24) is 20.2 Å². The first-order valence-corrected chi connectivity index (χ1v) is 5.95. The molecule has 0 saturated heterocycles. The van der Waals surface area contributed by atoms with E-state index in [0.717, 1.165) is 17.1 Å². The van der Waals surface area contributed by atoms with E-state index in [1.807, 2.05) is 13.0 Å². The summed E-state index contributed by atoms with van der Waals surface area (Å²) in [7, 11) is 0. The second-order valence-electron chi connectivity index (χ2n) is 3.46. The van der Waals surface area contributed by atoms with E-state index >= 15 is 0 Å². The quantitative estimate of drug-likeness (QED) is 0.426. The number of hydrogen-bond donors (Lipinski definition) is 3. The topological polar surface area (TPSA) is 104 Å². The molecule has 17 heavy (non-hydrogen) atoms. The Bertz CT molecular complexity index is 535. The average Bonchev–Trinajstić information content (AvgIpc) is 2.73. The third-order valence-electron chi connectivity index (χ3n) is 2.04. The lowest BCUT2D eigenvalue weighted by Gasteiger charge is -2.01. The number of pyridine rings is 1. The summed E-state index contributed by atoms with van der Waals surface area (Å²) in [5.74, 6) is 1.50. The second-order valence-corrected chi connectivity index (χ2v) is 4.40. The summed E-state index contributed by atoms with van der Waals surface area (Å²) >= 11 is 1.52. The summed E-state index contributed by atoms with van der Waals surface area (Å²) in [6, 6.07) is 3.69. The molecule has 7 heteroatoms. The van der Waals surface area contributed by atoms with Crippen LogP contribution in [0.2, 0.25) is 0 Å². The summed E-state index contributed by atoms with van der Waals surface area (Å²) in [6.07, 6.45) is 1.65. The number of aryl methyl sites for hydroxylation is 1. The first kappa shape index (κ1) is 11.6. The Morgan fingerprint density at radius 2 is 2.41 bits per heavy atom. The smallest absolute Gasteiger partial charge is 0.208 e. The third-order valence-corrected chi connectivity index (χ3v) is 2.96. The first-order valence-electron chi connectivity index (χ1n) is 4.96. The van der Waals surface area contributed by atoms with Gasteiger partial charge in [-0.2, -0.15) is 0 Å². The van der Waals surface area contributed by atoms with Crippen LogP contribution in [0.15, 0.2) is 23.5 Å². The number of H-pyrrole nitrogens is 1. The van der Waals surface area contributed by atoms with Crippen molar-refractivity contribution in [2.45, 2.75) is 17.8 Å². The zero-order valence-corrected chi connectivity index (χ0v) is 10.1. The third kappa shape index (κ3) is 3.04. The van der Waals surface area contributed by atoms with Gasteiger partial charge >= 0.3 is 0 Å². The van der Waals surface area contributed by atoms with Gasteiger partial charge in [0.1, 0.15) is 17.4 Å². The Labute approximate surface area is 103 Å². The minimum Gasteiger partial charge on any atom is -0.382 e. The normalized spacial score (nSPS) is 10.4. The summed E-state index contributed by atoms with van der Waals surface area (Å²) in [4.78, 5) is 8.20. The number of rotatable bonds is 4.